The minimum atomic E-state index is -0.926. The van der Waals surface area contributed by atoms with Crippen LogP contribution in [0.1, 0.15) is 22.8 Å². The Labute approximate surface area is 121 Å². The highest BCUT2D eigenvalue weighted by atomic mass is 32.2. The molecule has 0 aliphatic carbocycles. The Bertz CT molecular complexity index is 608. The van der Waals surface area contributed by atoms with Crippen LogP contribution in [0.3, 0.4) is 0 Å². The molecule has 2 aromatic rings. The van der Waals surface area contributed by atoms with Crippen LogP contribution in [0.25, 0.3) is 0 Å². The first-order valence-corrected chi connectivity index (χ1v) is 7.28. The van der Waals surface area contributed by atoms with Gasteiger partial charge in [0, 0.05) is 16.9 Å². The van der Waals surface area contributed by atoms with E-state index in [4.69, 9.17) is 0 Å². The van der Waals surface area contributed by atoms with E-state index < -0.39 is 11.6 Å². The van der Waals surface area contributed by atoms with Crippen molar-refractivity contribution in [2.75, 3.05) is 5.75 Å². The normalized spacial score (nSPS) is 10.6. The lowest BCUT2D eigenvalue weighted by molar-refractivity contribution is 0.0993. The van der Waals surface area contributed by atoms with E-state index in [0.717, 1.165) is 22.8 Å². The summed E-state index contributed by atoms with van der Waals surface area (Å²) in [6, 6.07) is 10.9. The van der Waals surface area contributed by atoms with Crippen LogP contribution in [-0.4, -0.2) is 11.5 Å². The minimum Gasteiger partial charge on any atom is -0.294 e. The Balaban J connectivity index is 2.09. The molecule has 0 fully saturated rings. The summed E-state index contributed by atoms with van der Waals surface area (Å²) in [6.45, 7) is 2.06. The molecular formula is C16H14F2OS. The van der Waals surface area contributed by atoms with Crippen LogP contribution in [0, 0.1) is 11.6 Å². The van der Waals surface area contributed by atoms with Crippen LogP contribution in [0.5, 0.6) is 0 Å². The molecule has 4 heteroatoms. The van der Waals surface area contributed by atoms with Gasteiger partial charge in [-0.05, 0) is 35.6 Å². The zero-order valence-electron chi connectivity index (χ0n) is 11.0. The number of halogens is 2. The van der Waals surface area contributed by atoms with Crippen molar-refractivity contribution in [3.8, 4) is 0 Å². The maximum Gasteiger partial charge on any atom is 0.167 e. The number of hydrogen-bond acceptors (Lipinski definition) is 2. The van der Waals surface area contributed by atoms with Crippen molar-refractivity contribution >= 4 is 17.5 Å². The smallest absolute Gasteiger partial charge is 0.167 e. The monoisotopic (exact) mass is 292 g/mol. The molecule has 0 unspecified atom stereocenters. The van der Waals surface area contributed by atoms with E-state index in [2.05, 4.69) is 6.92 Å². The van der Waals surface area contributed by atoms with Crippen LogP contribution in [0.2, 0.25) is 0 Å². The zero-order valence-corrected chi connectivity index (χ0v) is 11.8. The van der Waals surface area contributed by atoms with Crippen LogP contribution in [0.15, 0.2) is 47.4 Å². The van der Waals surface area contributed by atoms with Crippen molar-refractivity contribution in [3.05, 3.63) is 65.2 Å². The van der Waals surface area contributed by atoms with Gasteiger partial charge in [0.15, 0.2) is 17.4 Å². The lowest BCUT2D eigenvalue weighted by Gasteiger charge is -2.04. The fraction of sp³-hybridized carbons (Fsp3) is 0.188. The molecule has 2 aromatic carbocycles. The number of Topliss-reactive ketones (excluding diaryl/α,β-unsaturated/α-hetero) is 1. The van der Waals surface area contributed by atoms with E-state index >= 15 is 0 Å². The van der Waals surface area contributed by atoms with E-state index in [1.54, 1.807) is 23.9 Å². The number of thioether (sulfide) groups is 1. The third-order valence-corrected chi connectivity index (χ3v) is 3.73. The predicted molar refractivity (Wildman–Crippen MR) is 77.2 cm³/mol. The highest BCUT2D eigenvalue weighted by Gasteiger charge is 2.09. The van der Waals surface area contributed by atoms with Gasteiger partial charge in [-0.2, -0.15) is 0 Å². The van der Waals surface area contributed by atoms with Crippen LogP contribution >= 0.6 is 11.8 Å². The molecule has 0 amide bonds. The summed E-state index contributed by atoms with van der Waals surface area (Å²) in [7, 11) is 0. The van der Waals surface area contributed by atoms with Crippen molar-refractivity contribution < 1.29 is 13.6 Å². The third-order valence-electron chi connectivity index (χ3n) is 2.84. The van der Waals surface area contributed by atoms with Gasteiger partial charge in [-0.25, -0.2) is 8.78 Å². The lowest BCUT2D eigenvalue weighted by Crippen LogP contribution is -2.04. The van der Waals surface area contributed by atoms with Crippen molar-refractivity contribution in [2.45, 2.75) is 18.2 Å². The number of carbonyl (C=O) groups is 1. The molecule has 0 atom stereocenters. The summed E-state index contributed by atoms with van der Waals surface area (Å²) in [5.74, 6) is -0.960. The first-order chi connectivity index (χ1) is 9.60. The van der Waals surface area contributed by atoms with Crippen molar-refractivity contribution in [3.63, 3.8) is 0 Å². The number of ketones is 1. The molecule has 0 aliphatic heterocycles. The average Bonchev–Trinajstić information content (AvgIpc) is 2.44. The average molecular weight is 292 g/mol. The first-order valence-electron chi connectivity index (χ1n) is 6.30. The predicted octanol–water partition coefficient (Wildman–Crippen LogP) is 4.50. The van der Waals surface area contributed by atoms with Gasteiger partial charge >= 0.3 is 0 Å². The molecule has 0 spiro atoms. The van der Waals surface area contributed by atoms with Gasteiger partial charge in [0.05, 0.1) is 0 Å². The molecular weight excluding hydrogens is 278 g/mol. The molecule has 1 nitrogen and oxygen atoms in total. The fourth-order valence-corrected chi connectivity index (χ4v) is 2.50. The minimum absolute atomic E-state index is 0.0669. The number of benzene rings is 2. The highest BCUT2D eigenvalue weighted by molar-refractivity contribution is 7.99. The Morgan fingerprint density at radius 3 is 2.35 bits per heavy atom. The first kappa shape index (κ1) is 14.7. The maximum atomic E-state index is 13.1. The summed E-state index contributed by atoms with van der Waals surface area (Å²) in [5, 5.41) is 0. The molecule has 0 bridgehead atoms. The number of rotatable bonds is 5. The zero-order chi connectivity index (χ0) is 14.5. The largest absolute Gasteiger partial charge is 0.294 e. The standard InChI is InChI=1S/C16H14F2OS/c1-2-20-13-6-4-12(5-7-13)16(19)10-11-3-8-14(17)15(18)9-11/h3-9H,2,10H2,1H3. The Kier molecular flexibility index (Phi) is 4.90. The maximum absolute atomic E-state index is 13.1. The van der Waals surface area contributed by atoms with E-state index in [0.29, 0.717) is 11.1 Å². The SMILES string of the molecule is CCSc1ccc(C(=O)Cc2ccc(F)c(F)c2)cc1. The molecule has 0 radical (unpaired) electrons. The van der Waals surface area contributed by atoms with Crippen LogP contribution in [0.4, 0.5) is 8.78 Å². The van der Waals surface area contributed by atoms with Gasteiger partial charge in [0.2, 0.25) is 0 Å². The summed E-state index contributed by atoms with van der Waals surface area (Å²) >= 11 is 1.70. The number of hydrogen-bond donors (Lipinski definition) is 0. The summed E-state index contributed by atoms with van der Waals surface area (Å²) in [4.78, 5) is 13.2. The van der Waals surface area contributed by atoms with E-state index in [1.807, 2.05) is 12.1 Å². The Hall–Kier alpha value is -1.68. The summed E-state index contributed by atoms with van der Waals surface area (Å²) in [5.41, 5.74) is 1.05. The molecule has 0 aromatic heterocycles. The molecule has 0 heterocycles. The Morgan fingerprint density at radius 1 is 1.05 bits per heavy atom. The number of carbonyl (C=O) groups excluding carboxylic acids is 1. The van der Waals surface area contributed by atoms with Gasteiger partial charge in [-0.3, -0.25) is 4.79 Å². The van der Waals surface area contributed by atoms with E-state index in [1.165, 1.54) is 6.07 Å². The molecule has 0 saturated carbocycles. The molecule has 0 aliphatic rings. The van der Waals surface area contributed by atoms with Gasteiger partial charge in [-0.15, -0.1) is 11.8 Å². The third kappa shape index (κ3) is 3.67. The van der Waals surface area contributed by atoms with E-state index in [-0.39, 0.29) is 12.2 Å². The van der Waals surface area contributed by atoms with Crippen molar-refractivity contribution in [2.24, 2.45) is 0 Å². The topological polar surface area (TPSA) is 17.1 Å². The lowest BCUT2D eigenvalue weighted by atomic mass is 10.0. The molecule has 104 valence electrons. The van der Waals surface area contributed by atoms with Crippen LogP contribution < -0.4 is 0 Å². The summed E-state index contributed by atoms with van der Waals surface area (Å²) < 4.78 is 25.9. The quantitative estimate of drug-likeness (QED) is 0.596. The van der Waals surface area contributed by atoms with Gasteiger partial charge in [0.1, 0.15) is 0 Å². The molecule has 0 saturated heterocycles. The van der Waals surface area contributed by atoms with Crippen molar-refractivity contribution in [1.29, 1.82) is 0 Å². The molecule has 0 N–H and O–H groups in total. The second-order valence-corrected chi connectivity index (χ2v) is 5.64. The Morgan fingerprint density at radius 2 is 1.75 bits per heavy atom. The molecule has 20 heavy (non-hydrogen) atoms. The molecule has 2 rings (SSSR count). The second-order valence-electron chi connectivity index (χ2n) is 4.31. The fourth-order valence-electron chi connectivity index (χ4n) is 1.84. The van der Waals surface area contributed by atoms with E-state index in [9.17, 15) is 13.6 Å². The van der Waals surface area contributed by atoms with Gasteiger partial charge in [-0.1, -0.05) is 25.1 Å². The summed E-state index contributed by atoms with van der Waals surface area (Å²) in [6.07, 6.45) is 0.0669. The van der Waals surface area contributed by atoms with Crippen molar-refractivity contribution in [1.82, 2.24) is 0 Å². The van der Waals surface area contributed by atoms with Crippen LogP contribution in [-0.2, 0) is 6.42 Å². The second kappa shape index (κ2) is 6.66. The van der Waals surface area contributed by atoms with Gasteiger partial charge in [0.25, 0.3) is 0 Å². The van der Waals surface area contributed by atoms with Gasteiger partial charge < -0.3 is 0 Å². The highest BCUT2D eigenvalue weighted by Crippen LogP contribution is 2.19.